The Morgan fingerprint density at radius 2 is 0.821 bits per heavy atom. The zero-order valence-corrected chi connectivity index (χ0v) is 30.1. The molecule has 2 aliphatic rings. The summed E-state index contributed by atoms with van der Waals surface area (Å²) < 4.78 is 6.57. The van der Waals surface area contributed by atoms with Crippen molar-refractivity contribution in [3.05, 3.63) is 210 Å². The van der Waals surface area contributed by atoms with Crippen molar-refractivity contribution in [1.82, 2.24) is 15.0 Å². The first-order chi connectivity index (χ1) is 27.8. The molecule has 0 aliphatic heterocycles. The molecule has 260 valence electrons. The molecule has 56 heavy (non-hydrogen) atoms. The van der Waals surface area contributed by atoms with Crippen molar-refractivity contribution in [2.75, 3.05) is 0 Å². The maximum Gasteiger partial charge on any atom is 0.164 e. The lowest BCUT2D eigenvalue weighted by molar-refractivity contribution is 0.669. The van der Waals surface area contributed by atoms with Crippen molar-refractivity contribution < 1.29 is 4.42 Å². The number of furan rings is 1. The van der Waals surface area contributed by atoms with Gasteiger partial charge in [0.25, 0.3) is 0 Å². The Bertz CT molecular complexity index is 3100. The van der Waals surface area contributed by atoms with Gasteiger partial charge in [0, 0.05) is 27.5 Å². The number of fused-ring (bicyclic) bond motifs is 13. The van der Waals surface area contributed by atoms with Gasteiger partial charge in [0.1, 0.15) is 11.2 Å². The van der Waals surface area contributed by atoms with Gasteiger partial charge in [-0.2, -0.15) is 0 Å². The summed E-state index contributed by atoms with van der Waals surface area (Å²) in [6.45, 7) is 0. The molecule has 0 fully saturated rings. The topological polar surface area (TPSA) is 51.8 Å². The molecule has 0 atom stereocenters. The van der Waals surface area contributed by atoms with E-state index in [2.05, 4.69) is 127 Å². The van der Waals surface area contributed by atoms with Crippen molar-refractivity contribution in [2.45, 2.75) is 5.41 Å². The van der Waals surface area contributed by atoms with Gasteiger partial charge in [-0.1, -0.05) is 164 Å². The van der Waals surface area contributed by atoms with Crippen molar-refractivity contribution in [2.24, 2.45) is 0 Å². The predicted octanol–water partition coefficient (Wildman–Crippen LogP) is 12.8. The Morgan fingerprint density at radius 1 is 0.321 bits per heavy atom. The van der Waals surface area contributed by atoms with E-state index in [0.717, 1.165) is 44.2 Å². The monoisotopic (exact) mass is 713 g/mol. The van der Waals surface area contributed by atoms with Gasteiger partial charge in [-0.05, 0) is 79.9 Å². The average Bonchev–Trinajstić information content (AvgIpc) is 3.90. The molecule has 4 heteroatoms. The maximum absolute atomic E-state index is 6.57. The van der Waals surface area contributed by atoms with Gasteiger partial charge in [0.2, 0.25) is 0 Å². The molecule has 0 amide bonds. The highest BCUT2D eigenvalue weighted by atomic mass is 16.3. The number of rotatable bonds is 4. The highest BCUT2D eigenvalue weighted by molar-refractivity contribution is 6.08. The molecule has 0 N–H and O–H groups in total. The summed E-state index contributed by atoms with van der Waals surface area (Å²) in [5.74, 6) is 1.86. The molecular formula is C52H31N3O. The zero-order valence-electron chi connectivity index (χ0n) is 30.1. The molecule has 0 saturated carbocycles. The summed E-state index contributed by atoms with van der Waals surface area (Å²) >= 11 is 0. The van der Waals surface area contributed by atoms with Crippen LogP contribution in [0.15, 0.2) is 192 Å². The van der Waals surface area contributed by atoms with E-state index in [4.69, 9.17) is 19.4 Å². The van der Waals surface area contributed by atoms with Crippen LogP contribution in [-0.2, 0) is 5.41 Å². The van der Waals surface area contributed by atoms with Gasteiger partial charge < -0.3 is 4.42 Å². The van der Waals surface area contributed by atoms with Gasteiger partial charge in [-0.25, -0.2) is 15.0 Å². The summed E-state index contributed by atoms with van der Waals surface area (Å²) in [5, 5.41) is 2.12. The lowest BCUT2D eigenvalue weighted by Crippen LogP contribution is -2.25. The highest BCUT2D eigenvalue weighted by Crippen LogP contribution is 2.64. The van der Waals surface area contributed by atoms with E-state index >= 15 is 0 Å². The molecule has 2 aliphatic carbocycles. The van der Waals surface area contributed by atoms with Crippen LogP contribution in [0.5, 0.6) is 0 Å². The number of aromatic nitrogens is 3. The van der Waals surface area contributed by atoms with Gasteiger partial charge in [-0.15, -0.1) is 0 Å². The molecule has 0 radical (unpaired) electrons. The third kappa shape index (κ3) is 4.32. The third-order valence-corrected chi connectivity index (χ3v) is 11.8. The van der Waals surface area contributed by atoms with Crippen LogP contribution < -0.4 is 0 Å². The van der Waals surface area contributed by atoms with Gasteiger partial charge >= 0.3 is 0 Å². The third-order valence-electron chi connectivity index (χ3n) is 11.8. The quantitative estimate of drug-likeness (QED) is 0.182. The summed E-state index contributed by atoms with van der Waals surface area (Å²) in [4.78, 5) is 14.8. The van der Waals surface area contributed by atoms with Crippen molar-refractivity contribution in [3.8, 4) is 67.5 Å². The van der Waals surface area contributed by atoms with Crippen molar-refractivity contribution in [3.63, 3.8) is 0 Å². The molecule has 1 spiro atoms. The predicted molar refractivity (Wildman–Crippen MR) is 225 cm³/mol. The highest BCUT2D eigenvalue weighted by Gasteiger charge is 2.51. The zero-order chi connectivity index (χ0) is 36.8. The molecule has 2 heterocycles. The molecule has 2 aromatic heterocycles. The fourth-order valence-corrected chi connectivity index (χ4v) is 9.41. The van der Waals surface area contributed by atoms with Crippen molar-refractivity contribution in [1.29, 1.82) is 0 Å². The van der Waals surface area contributed by atoms with E-state index in [1.54, 1.807) is 0 Å². The van der Waals surface area contributed by atoms with Crippen LogP contribution in [0.4, 0.5) is 0 Å². The van der Waals surface area contributed by atoms with Crippen LogP contribution in [-0.4, -0.2) is 15.0 Å². The summed E-state index contributed by atoms with van der Waals surface area (Å²) in [5.41, 5.74) is 16.9. The van der Waals surface area contributed by atoms with Crippen LogP contribution in [0.1, 0.15) is 22.3 Å². The van der Waals surface area contributed by atoms with E-state index in [9.17, 15) is 0 Å². The Hall–Kier alpha value is -7.43. The maximum atomic E-state index is 6.57. The van der Waals surface area contributed by atoms with Crippen LogP contribution in [0.25, 0.3) is 89.5 Å². The Morgan fingerprint density at radius 3 is 1.46 bits per heavy atom. The Kier molecular flexibility index (Phi) is 6.52. The van der Waals surface area contributed by atoms with Gasteiger partial charge in [0.05, 0.1) is 5.41 Å². The fraction of sp³-hybridized carbons (Fsp3) is 0.0192. The van der Waals surface area contributed by atoms with Crippen LogP contribution in [0, 0.1) is 0 Å². The van der Waals surface area contributed by atoms with Crippen LogP contribution >= 0.6 is 0 Å². The summed E-state index contributed by atoms with van der Waals surface area (Å²) in [6.07, 6.45) is 0. The minimum absolute atomic E-state index is 0.381. The minimum Gasteiger partial charge on any atom is -0.456 e. The second-order valence-corrected chi connectivity index (χ2v) is 14.7. The second kappa shape index (κ2) is 11.8. The lowest BCUT2D eigenvalue weighted by Gasteiger charge is -2.30. The van der Waals surface area contributed by atoms with E-state index in [1.165, 1.54) is 50.1 Å². The molecule has 12 rings (SSSR count). The smallest absolute Gasteiger partial charge is 0.164 e. The van der Waals surface area contributed by atoms with E-state index in [-0.39, 0.29) is 5.41 Å². The number of nitrogens with zero attached hydrogens (tertiary/aromatic N) is 3. The fourth-order valence-electron chi connectivity index (χ4n) is 9.41. The molecule has 0 unspecified atom stereocenters. The molecule has 0 bridgehead atoms. The number of benzene rings is 8. The van der Waals surface area contributed by atoms with Crippen LogP contribution in [0.2, 0.25) is 0 Å². The van der Waals surface area contributed by atoms with E-state index in [0.29, 0.717) is 17.5 Å². The second-order valence-electron chi connectivity index (χ2n) is 14.7. The summed E-state index contributed by atoms with van der Waals surface area (Å²) in [7, 11) is 0. The molecule has 4 nitrogen and oxygen atoms in total. The molecule has 10 aromatic rings. The largest absolute Gasteiger partial charge is 0.456 e. The molecular weight excluding hydrogens is 683 g/mol. The Labute approximate surface area is 323 Å². The molecule has 0 saturated heterocycles. The van der Waals surface area contributed by atoms with E-state index < -0.39 is 0 Å². The van der Waals surface area contributed by atoms with E-state index in [1.807, 2.05) is 60.7 Å². The average molecular weight is 714 g/mol. The lowest BCUT2D eigenvalue weighted by atomic mass is 9.70. The first-order valence-electron chi connectivity index (χ1n) is 19.0. The molecule has 8 aromatic carbocycles. The van der Waals surface area contributed by atoms with Crippen molar-refractivity contribution >= 4 is 21.9 Å². The first-order valence-corrected chi connectivity index (χ1v) is 19.0. The summed E-state index contributed by atoms with van der Waals surface area (Å²) in [6, 6.07) is 66.8. The first kappa shape index (κ1) is 31.0. The SMILES string of the molecule is c1ccc(-c2nc(-c3ccccc3)nc(-c3ccc4c(c3)oc3ccc(-c5cccc6c5-c5ccccc5C65c6ccccc6-c6ccccc65)cc34)n2)cc1. The minimum atomic E-state index is -0.381. The van der Waals surface area contributed by atoms with Crippen LogP contribution in [0.3, 0.4) is 0 Å². The number of hydrogen-bond acceptors (Lipinski definition) is 4. The van der Waals surface area contributed by atoms with Gasteiger partial charge in [-0.3, -0.25) is 0 Å². The standard InChI is InChI=1S/C52H31N3O/c1-3-14-32(15-4-1)49-53-50(33-16-5-2-6-17-33)55-51(54-49)35-26-28-39-41-30-34(27-29-46(41)56-47(39)31-35)36-21-13-25-45-48(36)40-20-9-12-24-44(40)52(45)42-22-10-7-18-37(42)38-19-8-11-23-43(38)52/h1-31H. The number of hydrogen-bond donors (Lipinski definition) is 0. The normalized spacial score (nSPS) is 13.1. The Balaban J connectivity index is 1.01. The van der Waals surface area contributed by atoms with Gasteiger partial charge in [0.15, 0.2) is 17.5 Å².